The normalized spacial score (nSPS) is 19.3. The van der Waals surface area contributed by atoms with Crippen molar-refractivity contribution >= 4 is 34.1 Å². The van der Waals surface area contributed by atoms with Gasteiger partial charge in [-0.2, -0.15) is 5.06 Å². The van der Waals surface area contributed by atoms with Crippen LogP contribution in [0.25, 0.3) is 6.08 Å². The Labute approximate surface area is 178 Å². The molecular formula is C22H20N2O5S. The first-order valence-corrected chi connectivity index (χ1v) is 10.2. The summed E-state index contributed by atoms with van der Waals surface area (Å²) in [5, 5.41) is 0.111. The van der Waals surface area contributed by atoms with Crippen molar-refractivity contribution in [1.82, 2.24) is 9.96 Å². The molecule has 0 aromatic heterocycles. The van der Waals surface area contributed by atoms with Crippen molar-refractivity contribution in [2.45, 2.75) is 19.6 Å². The van der Waals surface area contributed by atoms with Crippen molar-refractivity contribution in [3.8, 4) is 5.75 Å². The summed E-state index contributed by atoms with van der Waals surface area (Å²) in [7, 11) is 0. The van der Waals surface area contributed by atoms with E-state index in [0.29, 0.717) is 23.1 Å². The zero-order chi connectivity index (χ0) is 21.3. The van der Waals surface area contributed by atoms with Crippen LogP contribution >= 0.6 is 11.8 Å². The zero-order valence-corrected chi connectivity index (χ0v) is 17.3. The van der Waals surface area contributed by atoms with E-state index in [4.69, 9.17) is 9.57 Å². The molecule has 154 valence electrons. The Morgan fingerprint density at radius 1 is 1.03 bits per heavy atom. The number of nitrogens with zero attached hydrogens (tertiary/aromatic N) is 2. The second-order valence-corrected chi connectivity index (χ2v) is 8.15. The van der Waals surface area contributed by atoms with Gasteiger partial charge in [0.15, 0.2) is 5.72 Å². The SMILES string of the molecule is CC1(C)Oc2ccccc2C(=O)N1CCON1C(=O)SC(=O)C1=Cc1ccccc1. The average molecular weight is 424 g/mol. The summed E-state index contributed by atoms with van der Waals surface area (Å²) in [6.45, 7) is 3.79. The lowest BCUT2D eigenvalue weighted by Crippen LogP contribution is -2.56. The molecule has 0 bridgehead atoms. The molecule has 0 radical (unpaired) electrons. The van der Waals surface area contributed by atoms with Crippen LogP contribution in [0.4, 0.5) is 4.79 Å². The number of hydrogen-bond acceptors (Lipinski definition) is 6. The summed E-state index contributed by atoms with van der Waals surface area (Å²) in [5.41, 5.74) is 0.533. The second kappa shape index (κ2) is 7.97. The van der Waals surface area contributed by atoms with Crippen LogP contribution in [-0.2, 0) is 9.63 Å². The minimum absolute atomic E-state index is 0.0202. The summed E-state index contributed by atoms with van der Waals surface area (Å²) in [6, 6.07) is 16.3. The highest BCUT2D eigenvalue weighted by molar-refractivity contribution is 8.27. The van der Waals surface area contributed by atoms with Gasteiger partial charge in [0.05, 0.1) is 18.7 Å². The Bertz CT molecular complexity index is 1030. The molecule has 0 saturated carbocycles. The first kappa shape index (κ1) is 20.2. The molecule has 0 spiro atoms. The third-order valence-corrected chi connectivity index (χ3v) is 5.52. The third kappa shape index (κ3) is 3.83. The fraction of sp³-hybridized carbons (Fsp3) is 0.227. The number of fused-ring (bicyclic) bond motifs is 1. The summed E-state index contributed by atoms with van der Waals surface area (Å²) in [6.07, 6.45) is 1.61. The molecule has 7 nitrogen and oxygen atoms in total. The highest BCUT2D eigenvalue weighted by Crippen LogP contribution is 2.34. The molecule has 4 rings (SSSR count). The number of hydroxylamine groups is 2. The quantitative estimate of drug-likeness (QED) is 0.677. The minimum Gasteiger partial charge on any atom is -0.468 e. The van der Waals surface area contributed by atoms with Crippen molar-refractivity contribution in [2.24, 2.45) is 0 Å². The number of thioether (sulfide) groups is 1. The van der Waals surface area contributed by atoms with Crippen LogP contribution in [0.5, 0.6) is 5.75 Å². The number of carbonyl (C=O) groups excluding carboxylic acids is 3. The second-order valence-electron chi connectivity index (χ2n) is 7.23. The molecule has 2 aromatic rings. The van der Waals surface area contributed by atoms with E-state index in [-0.39, 0.29) is 29.9 Å². The molecule has 2 aliphatic rings. The maximum Gasteiger partial charge on any atom is 0.318 e. The largest absolute Gasteiger partial charge is 0.468 e. The van der Waals surface area contributed by atoms with Gasteiger partial charge in [-0.25, -0.2) is 0 Å². The molecule has 0 atom stereocenters. The van der Waals surface area contributed by atoms with Gasteiger partial charge in [-0.3, -0.25) is 24.1 Å². The maximum absolute atomic E-state index is 12.9. The Kier molecular flexibility index (Phi) is 5.36. The lowest BCUT2D eigenvalue weighted by Gasteiger charge is -2.42. The maximum atomic E-state index is 12.9. The number of rotatable bonds is 5. The van der Waals surface area contributed by atoms with Gasteiger partial charge in [0.2, 0.25) is 5.12 Å². The summed E-state index contributed by atoms with van der Waals surface area (Å²) in [5.74, 6) is 0.359. The van der Waals surface area contributed by atoms with Crippen molar-refractivity contribution < 1.29 is 24.0 Å². The van der Waals surface area contributed by atoms with Crippen molar-refractivity contribution in [1.29, 1.82) is 0 Å². The number of amides is 2. The van der Waals surface area contributed by atoms with E-state index in [1.54, 1.807) is 43.0 Å². The monoisotopic (exact) mass is 424 g/mol. The third-order valence-electron chi connectivity index (χ3n) is 4.78. The van der Waals surface area contributed by atoms with Gasteiger partial charge in [-0.05, 0) is 37.6 Å². The zero-order valence-electron chi connectivity index (χ0n) is 16.5. The van der Waals surface area contributed by atoms with E-state index in [1.807, 2.05) is 36.4 Å². The Balaban J connectivity index is 1.48. The van der Waals surface area contributed by atoms with Crippen LogP contribution in [-0.4, -0.2) is 45.1 Å². The summed E-state index contributed by atoms with van der Waals surface area (Å²) in [4.78, 5) is 44.5. The van der Waals surface area contributed by atoms with Gasteiger partial charge in [0.1, 0.15) is 11.4 Å². The van der Waals surface area contributed by atoms with E-state index in [0.717, 1.165) is 10.6 Å². The molecule has 2 amide bonds. The first-order valence-electron chi connectivity index (χ1n) is 9.43. The van der Waals surface area contributed by atoms with E-state index in [1.165, 1.54) is 0 Å². The predicted molar refractivity (Wildman–Crippen MR) is 112 cm³/mol. The van der Waals surface area contributed by atoms with E-state index >= 15 is 0 Å². The fourth-order valence-corrected chi connectivity index (χ4v) is 3.98. The van der Waals surface area contributed by atoms with Crippen LogP contribution in [0.3, 0.4) is 0 Å². The topological polar surface area (TPSA) is 76.2 Å². The Morgan fingerprint density at radius 2 is 1.73 bits per heavy atom. The molecule has 2 aromatic carbocycles. The summed E-state index contributed by atoms with van der Waals surface area (Å²) < 4.78 is 5.96. The van der Waals surface area contributed by atoms with Crippen LogP contribution in [0.15, 0.2) is 60.3 Å². The standard InChI is InChI=1S/C22H20N2O5S/c1-22(2)23(19(25)16-10-6-7-11-18(16)29-22)12-13-28-24-17(20(26)30-21(24)27)14-15-8-4-3-5-9-15/h3-11,14H,12-13H2,1-2H3. The van der Waals surface area contributed by atoms with E-state index in [2.05, 4.69) is 0 Å². The van der Waals surface area contributed by atoms with Crippen LogP contribution in [0.2, 0.25) is 0 Å². The van der Waals surface area contributed by atoms with Crippen LogP contribution < -0.4 is 4.74 Å². The smallest absolute Gasteiger partial charge is 0.318 e. The number of para-hydroxylation sites is 1. The average Bonchev–Trinajstić information content (AvgIpc) is 2.97. The van der Waals surface area contributed by atoms with Crippen molar-refractivity contribution in [2.75, 3.05) is 13.2 Å². The van der Waals surface area contributed by atoms with Gasteiger partial charge in [-0.15, -0.1) is 0 Å². The highest BCUT2D eigenvalue weighted by Gasteiger charge is 2.40. The number of benzene rings is 2. The van der Waals surface area contributed by atoms with Crippen LogP contribution in [0, 0.1) is 0 Å². The van der Waals surface area contributed by atoms with E-state index in [9.17, 15) is 14.4 Å². The molecular weight excluding hydrogens is 404 g/mol. The molecule has 0 aliphatic carbocycles. The molecule has 0 N–H and O–H groups in total. The van der Waals surface area contributed by atoms with Crippen molar-refractivity contribution in [3.63, 3.8) is 0 Å². The van der Waals surface area contributed by atoms with Gasteiger partial charge in [-0.1, -0.05) is 42.5 Å². The highest BCUT2D eigenvalue weighted by atomic mass is 32.2. The molecule has 2 aliphatic heterocycles. The predicted octanol–water partition coefficient (Wildman–Crippen LogP) is 3.93. The molecule has 8 heteroatoms. The van der Waals surface area contributed by atoms with Gasteiger partial charge < -0.3 is 4.74 Å². The lowest BCUT2D eigenvalue weighted by molar-refractivity contribution is -0.122. The summed E-state index contributed by atoms with van der Waals surface area (Å²) >= 11 is 0.583. The first-order chi connectivity index (χ1) is 14.4. The Hall–Kier alpha value is -3.10. The van der Waals surface area contributed by atoms with Gasteiger partial charge in [0.25, 0.3) is 5.91 Å². The number of ether oxygens (including phenoxy) is 1. The molecule has 30 heavy (non-hydrogen) atoms. The van der Waals surface area contributed by atoms with Crippen molar-refractivity contribution in [3.05, 3.63) is 71.4 Å². The fourth-order valence-electron chi connectivity index (χ4n) is 3.34. The number of carbonyl (C=O) groups is 3. The molecule has 1 fully saturated rings. The van der Waals surface area contributed by atoms with Gasteiger partial charge in [0, 0.05) is 11.8 Å². The Morgan fingerprint density at radius 3 is 2.50 bits per heavy atom. The lowest BCUT2D eigenvalue weighted by atomic mass is 10.1. The minimum atomic E-state index is -0.878. The van der Waals surface area contributed by atoms with Gasteiger partial charge >= 0.3 is 5.24 Å². The van der Waals surface area contributed by atoms with Crippen LogP contribution in [0.1, 0.15) is 29.8 Å². The molecule has 2 heterocycles. The van der Waals surface area contributed by atoms with E-state index < -0.39 is 11.0 Å². The number of hydrogen-bond donors (Lipinski definition) is 0. The molecule has 1 saturated heterocycles. The molecule has 0 unspecified atom stereocenters.